The SMILES string of the molecule is C=C(/C(F)=C(F)\C=C/C)/C(F)=C\C(=C/C)OC(F)(F)c1ccc(CCC)c(F)c1F. The third kappa shape index (κ3) is 6.11. The monoisotopic (exact) mass is 434 g/mol. The lowest BCUT2D eigenvalue weighted by Gasteiger charge is -2.20. The Kier molecular flexibility index (Phi) is 9.14. The number of alkyl halides is 2. The number of aryl methyl sites for hydroxylation is 1. The molecule has 0 radical (unpaired) electrons. The Labute approximate surface area is 170 Å². The zero-order valence-electron chi connectivity index (χ0n) is 16.6. The predicted molar refractivity (Wildman–Crippen MR) is 101 cm³/mol. The van der Waals surface area contributed by atoms with Gasteiger partial charge in [-0.15, -0.1) is 0 Å². The van der Waals surface area contributed by atoms with E-state index in [1.807, 2.05) is 0 Å². The molecule has 0 aliphatic heterocycles. The molecule has 0 aliphatic carbocycles. The van der Waals surface area contributed by atoms with Crippen LogP contribution in [0.25, 0.3) is 0 Å². The van der Waals surface area contributed by atoms with Gasteiger partial charge in [0.25, 0.3) is 0 Å². The summed E-state index contributed by atoms with van der Waals surface area (Å²) in [6.07, 6.45) is -0.671. The van der Waals surface area contributed by atoms with Gasteiger partial charge in [0.05, 0.1) is 0 Å². The first kappa shape index (κ1) is 25.3. The van der Waals surface area contributed by atoms with Crippen LogP contribution in [-0.2, 0) is 17.3 Å². The third-order valence-corrected chi connectivity index (χ3v) is 3.87. The summed E-state index contributed by atoms with van der Waals surface area (Å²) in [5.41, 5.74) is -2.51. The standard InChI is InChI=1S/C22H21F7O/c1-5-8-14-10-11-16(21(27)20(14)26)22(28,29)30-15(7-3)12-18(24)13(4)19(25)17(23)9-6-2/h6-7,9-12H,4-5,8H2,1-3H3/b9-6-,15-7+,18-12+,19-17-. The molecule has 0 aliphatic rings. The van der Waals surface area contributed by atoms with Crippen molar-refractivity contribution in [2.24, 2.45) is 0 Å². The molecule has 30 heavy (non-hydrogen) atoms. The average molecular weight is 434 g/mol. The van der Waals surface area contributed by atoms with Crippen LogP contribution in [0.1, 0.15) is 38.3 Å². The number of hydrogen-bond acceptors (Lipinski definition) is 1. The van der Waals surface area contributed by atoms with Gasteiger partial charge in [-0.25, -0.2) is 22.0 Å². The molecule has 0 spiro atoms. The van der Waals surface area contributed by atoms with Gasteiger partial charge in [-0.05, 0) is 44.1 Å². The maximum atomic E-state index is 14.4. The fourth-order valence-electron chi connectivity index (χ4n) is 2.33. The molecule has 0 amide bonds. The number of hydrogen-bond donors (Lipinski definition) is 0. The first-order chi connectivity index (χ1) is 14.0. The van der Waals surface area contributed by atoms with E-state index < -0.39 is 52.1 Å². The molecule has 1 rings (SSSR count). The van der Waals surface area contributed by atoms with Crippen molar-refractivity contribution in [3.05, 3.63) is 94.6 Å². The first-order valence-electron chi connectivity index (χ1n) is 8.95. The highest BCUT2D eigenvalue weighted by atomic mass is 19.3. The molecule has 1 nitrogen and oxygen atoms in total. The molecular formula is C22H21F7O. The molecule has 0 N–H and O–H groups in total. The van der Waals surface area contributed by atoms with Crippen LogP contribution in [0.4, 0.5) is 30.7 Å². The number of rotatable bonds is 9. The van der Waals surface area contributed by atoms with E-state index in [4.69, 9.17) is 0 Å². The highest BCUT2D eigenvalue weighted by Crippen LogP contribution is 2.36. The number of allylic oxidation sites excluding steroid dienone is 8. The minimum atomic E-state index is -4.37. The molecule has 0 saturated carbocycles. The van der Waals surface area contributed by atoms with Crippen molar-refractivity contribution in [3.63, 3.8) is 0 Å². The van der Waals surface area contributed by atoms with Crippen LogP contribution in [-0.4, -0.2) is 0 Å². The van der Waals surface area contributed by atoms with E-state index in [0.29, 0.717) is 24.6 Å². The maximum absolute atomic E-state index is 14.4. The second kappa shape index (κ2) is 10.8. The van der Waals surface area contributed by atoms with Gasteiger partial charge in [-0.2, -0.15) is 8.78 Å². The molecule has 1 aromatic rings. The van der Waals surface area contributed by atoms with Crippen LogP contribution in [0, 0.1) is 11.6 Å². The lowest BCUT2D eigenvalue weighted by atomic mass is 10.1. The van der Waals surface area contributed by atoms with Gasteiger partial charge in [-0.3, -0.25) is 0 Å². The van der Waals surface area contributed by atoms with Crippen LogP contribution < -0.4 is 0 Å². The highest BCUT2D eigenvalue weighted by molar-refractivity contribution is 5.43. The summed E-state index contributed by atoms with van der Waals surface area (Å²) in [6.45, 7) is 7.31. The summed E-state index contributed by atoms with van der Waals surface area (Å²) in [4.78, 5) is 0. The molecule has 0 aromatic heterocycles. The summed E-state index contributed by atoms with van der Waals surface area (Å²) in [7, 11) is 0. The van der Waals surface area contributed by atoms with E-state index in [1.165, 1.54) is 13.8 Å². The maximum Gasteiger partial charge on any atom is 0.429 e. The Hall–Kier alpha value is -2.77. The predicted octanol–water partition coefficient (Wildman–Crippen LogP) is 8.02. The van der Waals surface area contributed by atoms with Crippen molar-refractivity contribution in [3.8, 4) is 0 Å². The van der Waals surface area contributed by atoms with E-state index >= 15 is 0 Å². The molecular weight excluding hydrogens is 413 g/mol. The lowest BCUT2D eigenvalue weighted by Crippen LogP contribution is -2.20. The van der Waals surface area contributed by atoms with E-state index in [2.05, 4.69) is 11.3 Å². The van der Waals surface area contributed by atoms with E-state index in [0.717, 1.165) is 18.2 Å². The van der Waals surface area contributed by atoms with Crippen LogP contribution in [0.15, 0.2) is 71.8 Å². The second-order valence-electron chi connectivity index (χ2n) is 6.09. The van der Waals surface area contributed by atoms with Gasteiger partial charge < -0.3 is 4.74 Å². The normalized spacial score (nSPS) is 14.2. The highest BCUT2D eigenvalue weighted by Gasteiger charge is 2.39. The molecule has 0 saturated heterocycles. The Morgan fingerprint density at radius 2 is 1.73 bits per heavy atom. The average Bonchev–Trinajstić information content (AvgIpc) is 2.69. The van der Waals surface area contributed by atoms with Crippen molar-refractivity contribution < 1.29 is 35.5 Å². The molecule has 0 heterocycles. The molecule has 1 aromatic carbocycles. The molecule has 0 atom stereocenters. The zero-order valence-corrected chi connectivity index (χ0v) is 16.6. The van der Waals surface area contributed by atoms with Gasteiger partial charge in [0, 0.05) is 11.6 Å². The summed E-state index contributed by atoms with van der Waals surface area (Å²) < 4.78 is 103. The van der Waals surface area contributed by atoms with Gasteiger partial charge in [0.2, 0.25) is 0 Å². The van der Waals surface area contributed by atoms with Gasteiger partial charge in [-0.1, -0.05) is 32.1 Å². The second-order valence-corrected chi connectivity index (χ2v) is 6.09. The van der Waals surface area contributed by atoms with Gasteiger partial charge in [0.1, 0.15) is 17.1 Å². The summed E-state index contributed by atoms with van der Waals surface area (Å²) in [6, 6.07) is 1.68. The molecule has 0 bridgehead atoms. The minimum absolute atomic E-state index is 0.0755. The van der Waals surface area contributed by atoms with Gasteiger partial charge in [0.15, 0.2) is 23.3 Å². The Morgan fingerprint density at radius 3 is 2.27 bits per heavy atom. The van der Waals surface area contributed by atoms with Gasteiger partial charge >= 0.3 is 6.11 Å². The Balaban J connectivity index is 3.20. The largest absolute Gasteiger partial charge is 0.429 e. The van der Waals surface area contributed by atoms with Crippen LogP contribution in [0.5, 0.6) is 0 Å². The zero-order chi connectivity index (χ0) is 23.1. The molecule has 0 unspecified atom stereocenters. The summed E-state index contributed by atoms with van der Waals surface area (Å²) in [5.74, 6) is -8.61. The minimum Gasteiger partial charge on any atom is -0.429 e. The quantitative estimate of drug-likeness (QED) is 0.217. The van der Waals surface area contributed by atoms with Crippen molar-refractivity contribution >= 4 is 0 Å². The smallest absolute Gasteiger partial charge is 0.429 e. The molecule has 0 fully saturated rings. The van der Waals surface area contributed by atoms with E-state index in [9.17, 15) is 30.7 Å². The number of halogens is 7. The Bertz CT molecular complexity index is 908. The van der Waals surface area contributed by atoms with Crippen molar-refractivity contribution in [1.82, 2.24) is 0 Å². The summed E-state index contributed by atoms with van der Waals surface area (Å²) in [5, 5.41) is 0. The molecule has 164 valence electrons. The van der Waals surface area contributed by atoms with Crippen LogP contribution in [0.3, 0.4) is 0 Å². The number of benzene rings is 1. The van der Waals surface area contributed by atoms with Crippen molar-refractivity contribution in [1.29, 1.82) is 0 Å². The molecule has 8 heteroatoms. The Morgan fingerprint density at radius 1 is 1.10 bits per heavy atom. The lowest BCUT2D eigenvalue weighted by molar-refractivity contribution is -0.223. The summed E-state index contributed by atoms with van der Waals surface area (Å²) >= 11 is 0. The van der Waals surface area contributed by atoms with E-state index in [-0.39, 0.29) is 12.0 Å². The van der Waals surface area contributed by atoms with Crippen molar-refractivity contribution in [2.45, 2.75) is 39.7 Å². The topological polar surface area (TPSA) is 9.23 Å². The van der Waals surface area contributed by atoms with Crippen molar-refractivity contribution in [2.75, 3.05) is 0 Å². The van der Waals surface area contributed by atoms with Crippen LogP contribution in [0.2, 0.25) is 0 Å². The number of ether oxygens (including phenoxy) is 1. The first-order valence-corrected chi connectivity index (χ1v) is 8.95. The van der Waals surface area contributed by atoms with Crippen LogP contribution >= 0.6 is 0 Å². The fraction of sp³-hybridized carbons (Fsp3) is 0.273. The van der Waals surface area contributed by atoms with E-state index in [1.54, 1.807) is 6.92 Å². The third-order valence-electron chi connectivity index (χ3n) is 3.87. The fourth-order valence-corrected chi connectivity index (χ4v) is 2.33.